The Bertz CT molecular complexity index is 1110. The number of esters is 1. The van der Waals surface area contributed by atoms with Gasteiger partial charge >= 0.3 is 5.97 Å². The second-order valence-electron chi connectivity index (χ2n) is 8.12. The van der Waals surface area contributed by atoms with Crippen molar-refractivity contribution in [2.24, 2.45) is 5.73 Å². The van der Waals surface area contributed by atoms with Crippen molar-refractivity contribution < 1.29 is 14.3 Å². The zero-order chi connectivity index (χ0) is 22.5. The van der Waals surface area contributed by atoms with E-state index in [1.54, 1.807) is 0 Å². The first-order chi connectivity index (χ1) is 15.5. The van der Waals surface area contributed by atoms with Crippen molar-refractivity contribution >= 4 is 22.6 Å². The average Bonchev–Trinajstić information content (AvgIpc) is 3.31. The Morgan fingerprint density at radius 2 is 1.91 bits per heavy atom. The molecule has 1 heterocycles. The lowest BCUT2D eigenvalue weighted by Crippen LogP contribution is -2.20. The molecule has 0 radical (unpaired) electrons. The summed E-state index contributed by atoms with van der Waals surface area (Å²) in [7, 11) is 0. The van der Waals surface area contributed by atoms with Crippen LogP contribution in [0.3, 0.4) is 0 Å². The Labute approximate surface area is 188 Å². The molecular weight excluding hydrogens is 402 g/mol. The van der Waals surface area contributed by atoms with E-state index in [9.17, 15) is 4.79 Å². The lowest BCUT2D eigenvalue weighted by atomic mass is 9.91. The molecule has 0 bridgehead atoms. The smallest absolute Gasteiger partial charge is 0.313 e. The minimum atomic E-state index is -0.411. The Hall–Kier alpha value is -3.38. The minimum Gasteiger partial charge on any atom is -0.489 e. The first-order valence-corrected chi connectivity index (χ1v) is 11.0. The molecule has 1 aliphatic rings. The van der Waals surface area contributed by atoms with Crippen molar-refractivity contribution in [3.05, 3.63) is 77.4 Å². The molecule has 0 unspecified atom stereocenters. The number of carbonyl (C=O) groups is 1. The molecule has 3 aromatic rings. The van der Waals surface area contributed by atoms with Gasteiger partial charge in [0.05, 0.1) is 12.5 Å². The lowest BCUT2D eigenvalue weighted by Gasteiger charge is -2.18. The molecule has 6 nitrogen and oxygen atoms in total. The van der Waals surface area contributed by atoms with E-state index in [0.29, 0.717) is 18.6 Å². The highest BCUT2D eigenvalue weighted by atomic mass is 16.5. The summed E-state index contributed by atoms with van der Waals surface area (Å²) in [6, 6.07) is 19.6. The Balaban J connectivity index is 1.57. The number of amidine groups is 1. The molecule has 3 aromatic carbocycles. The molecule has 1 aliphatic heterocycles. The van der Waals surface area contributed by atoms with E-state index in [2.05, 4.69) is 11.4 Å². The third kappa shape index (κ3) is 5.08. The Morgan fingerprint density at radius 1 is 1.12 bits per heavy atom. The molecular formula is C26H29N3O3. The number of ether oxygens (including phenoxy) is 2. The van der Waals surface area contributed by atoms with Crippen LogP contribution in [0.4, 0.5) is 0 Å². The zero-order valence-corrected chi connectivity index (χ0v) is 18.3. The predicted octanol–water partition coefficient (Wildman–Crippen LogP) is 3.75. The summed E-state index contributed by atoms with van der Waals surface area (Å²) in [4.78, 5) is 12.8. The van der Waals surface area contributed by atoms with Crippen LogP contribution in [0.25, 0.3) is 10.8 Å². The van der Waals surface area contributed by atoms with Gasteiger partial charge in [-0.2, -0.15) is 0 Å². The summed E-state index contributed by atoms with van der Waals surface area (Å²) in [5, 5.41) is 13.0. The number of nitrogen functional groups attached to an aromatic ring is 1. The van der Waals surface area contributed by atoms with Crippen LogP contribution in [0.5, 0.6) is 5.75 Å². The quantitative estimate of drug-likeness (QED) is 0.287. The average molecular weight is 432 g/mol. The third-order valence-corrected chi connectivity index (χ3v) is 5.83. The molecule has 0 spiro atoms. The summed E-state index contributed by atoms with van der Waals surface area (Å²) in [6.07, 6.45) is 1.71. The van der Waals surface area contributed by atoms with Gasteiger partial charge in [-0.15, -0.1) is 0 Å². The van der Waals surface area contributed by atoms with Gasteiger partial charge in [-0.05, 0) is 66.4 Å². The van der Waals surface area contributed by atoms with Crippen molar-refractivity contribution in [2.45, 2.75) is 31.8 Å². The van der Waals surface area contributed by atoms with Crippen molar-refractivity contribution in [1.82, 2.24) is 5.32 Å². The summed E-state index contributed by atoms with van der Waals surface area (Å²) >= 11 is 0. The van der Waals surface area contributed by atoms with Crippen molar-refractivity contribution in [3.8, 4) is 5.75 Å². The highest BCUT2D eigenvalue weighted by molar-refractivity contribution is 5.99. The van der Waals surface area contributed by atoms with Gasteiger partial charge < -0.3 is 20.5 Å². The minimum absolute atomic E-state index is 0.0393. The molecule has 1 fully saturated rings. The molecule has 32 heavy (non-hydrogen) atoms. The van der Waals surface area contributed by atoms with Crippen LogP contribution in [-0.4, -0.2) is 37.6 Å². The van der Waals surface area contributed by atoms with Gasteiger partial charge in [-0.3, -0.25) is 10.2 Å². The summed E-state index contributed by atoms with van der Waals surface area (Å²) in [5.74, 6) is 0.203. The van der Waals surface area contributed by atoms with Crippen LogP contribution in [0.15, 0.2) is 60.7 Å². The highest BCUT2D eigenvalue weighted by Gasteiger charge is 2.23. The lowest BCUT2D eigenvalue weighted by molar-refractivity contribution is -0.144. The fourth-order valence-electron chi connectivity index (χ4n) is 4.11. The number of fused-ring (bicyclic) bond motifs is 1. The zero-order valence-electron chi connectivity index (χ0n) is 18.3. The van der Waals surface area contributed by atoms with Gasteiger partial charge in [0.2, 0.25) is 0 Å². The molecule has 2 atom stereocenters. The molecule has 166 valence electrons. The second-order valence-corrected chi connectivity index (χ2v) is 8.12. The number of benzene rings is 3. The van der Waals surface area contributed by atoms with Gasteiger partial charge in [-0.1, -0.05) is 42.5 Å². The van der Waals surface area contributed by atoms with Gasteiger partial charge in [0.25, 0.3) is 0 Å². The molecule has 1 saturated heterocycles. The van der Waals surface area contributed by atoms with Crippen LogP contribution in [0, 0.1) is 5.41 Å². The Morgan fingerprint density at radius 3 is 2.59 bits per heavy atom. The largest absolute Gasteiger partial charge is 0.489 e. The molecule has 6 heteroatoms. The van der Waals surface area contributed by atoms with Crippen LogP contribution in [-0.2, 0) is 16.0 Å². The van der Waals surface area contributed by atoms with Crippen molar-refractivity contribution in [3.63, 3.8) is 0 Å². The van der Waals surface area contributed by atoms with E-state index >= 15 is 0 Å². The molecule has 0 amide bonds. The van der Waals surface area contributed by atoms with Crippen molar-refractivity contribution in [2.75, 3.05) is 19.7 Å². The van der Waals surface area contributed by atoms with E-state index in [4.69, 9.17) is 20.6 Å². The number of nitrogens with two attached hydrogens (primary N) is 1. The van der Waals surface area contributed by atoms with E-state index in [1.807, 2.05) is 61.5 Å². The fourth-order valence-corrected chi connectivity index (χ4v) is 4.11. The van der Waals surface area contributed by atoms with Gasteiger partial charge in [0.15, 0.2) is 0 Å². The normalized spacial score (nSPS) is 16.6. The van der Waals surface area contributed by atoms with Crippen LogP contribution < -0.4 is 15.8 Å². The first-order valence-electron chi connectivity index (χ1n) is 11.0. The van der Waals surface area contributed by atoms with Crippen LogP contribution in [0.2, 0.25) is 0 Å². The maximum atomic E-state index is 12.8. The van der Waals surface area contributed by atoms with Gasteiger partial charge in [0.1, 0.15) is 17.7 Å². The van der Waals surface area contributed by atoms with Crippen LogP contribution >= 0.6 is 0 Å². The maximum absolute atomic E-state index is 12.8. The summed E-state index contributed by atoms with van der Waals surface area (Å²) < 4.78 is 11.4. The SMILES string of the molecule is CCOC(=O)[C@H](Cc1ccc2ccc(C(=N)N)cc2c1)c1ccc(O[C@H]2CCNC2)cc1. The van der Waals surface area contributed by atoms with E-state index in [-0.39, 0.29) is 17.9 Å². The highest BCUT2D eigenvalue weighted by Crippen LogP contribution is 2.27. The number of nitrogens with one attached hydrogen (secondary N) is 2. The standard InChI is InChI=1S/C26H29N3O3/c1-2-31-26(30)24(19-7-9-22(10-8-19)32-23-11-12-29-16-23)14-17-3-4-18-5-6-20(25(27)28)15-21(18)13-17/h3-10,13,15,23-24,29H,2,11-12,14,16H2,1H3,(H3,27,28)/t23-,24+/m0/s1. The van der Waals surface area contributed by atoms with E-state index in [0.717, 1.165) is 47.2 Å². The molecule has 0 aromatic heterocycles. The number of carbonyl (C=O) groups excluding carboxylic acids is 1. The van der Waals surface area contributed by atoms with Gasteiger partial charge in [0, 0.05) is 12.1 Å². The number of hydrogen-bond donors (Lipinski definition) is 3. The number of hydrogen-bond acceptors (Lipinski definition) is 5. The maximum Gasteiger partial charge on any atom is 0.313 e. The van der Waals surface area contributed by atoms with E-state index in [1.165, 1.54) is 0 Å². The van der Waals surface area contributed by atoms with Gasteiger partial charge in [-0.25, -0.2) is 0 Å². The fraction of sp³-hybridized carbons (Fsp3) is 0.308. The summed E-state index contributed by atoms with van der Waals surface area (Å²) in [6.45, 7) is 4.00. The monoisotopic (exact) mass is 431 g/mol. The first kappa shape index (κ1) is 21.8. The second kappa shape index (κ2) is 9.83. The predicted molar refractivity (Wildman–Crippen MR) is 126 cm³/mol. The third-order valence-electron chi connectivity index (χ3n) is 5.83. The molecule has 4 N–H and O–H groups in total. The molecule has 4 rings (SSSR count). The summed E-state index contributed by atoms with van der Waals surface area (Å²) in [5.41, 5.74) is 8.25. The van der Waals surface area contributed by atoms with Crippen molar-refractivity contribution in [1.29, 1.82) is 5.41 Å². The topological polar surface area (TPSA) is 97.4 Å². The molecule has 0 aliphatic carbocycles. The van der Waals surface area contributed by atoms with Crippen LogP contribution in [0.1, 0.15) is 36.0 Å². The van der Waals surface area contributed by atoms with E-state index < -0.39 is 5.92 Å². The molecule has 0 saturated carbocycles. The number of rotatable bonds is 8. The Kier molecular flexibility index (Phi) is 6.71.